The van der Waals surface area contributed by atoms with E-state index < -0.39 is 5.97 Å². The minimum absolute atomic E-state index is 0.129. The summed E-state index contributed by atoms with van der Waals surface area (Å²) in [5.74, 6) is -0.992. The highest BCUT2D eigenvalue weighted by Gasteiger charge is 2.28. The third kappa shape index (κ3) is 2.23. The molecule has 0 saturated heterocycles. The average molecular weight is 325 g/mol. The first kappa shape index (κ1) is 14.0. The van der Waals surface area contributed by atoms with Crippen LogP contribution in [0.1, 0.15) is 21.6 Å². The predicted octanol–water partition coefficient (Wildman–Crippen LogP) is 3.99. The van der Waals surface area contributed by atoms with E-state index >= 15 is 0 Å². The quantitative estimate of drug-likeness (QED) is 0.775. The SMILES string of the molecule is O=C(O)c1nn(-c2ccccc2)c2c1CCc1cc(Cl)ccc1-2. The molecule has 4 rings (SSSR count). The Morgan fingerprint density at radius 2 is 1.91 bits per heavy atom. The lowest BCUT2D eigenvalue weighted by Crippen LogP contribution is -2.08. The van der Waals surface area contributed by atoms with Crippen LogP contribution in [0.15, 0.2) is 48.5 Å². The molecule has 0 atom stereocenters. The van der Waals surface area contributed by atoms with E-state index in [1.807, 2.05) is 48.5 Å². The molecule has 1 heterocycles. The van der Waals surface area contributed by atoms with Gasteiger partial charge in [0.1, 0.15) is 0 Å². The van der Waals surface area contributed by atoms with E-state index in [4.69, 9.17) is 11.6 Å². The topological polar surface area (TPSA) is 55.1 Å². The van der Waals surface area contributed by atoms with Crippen LogP contribution >= 0.6 is 11.6 Å². The van der Waals surface area contributed by atoms with Gasteiger partial charge in [0.25, 0.3) is 0 Å². The van der Waals surface area contributed by atoms with Crippen LogP contribution in [0, 0.1) is 0 Å². The molecule has 1 N–H and O–H groups in total. The Labute approximate surface area is 138 Å². The lowest BCUT2D eigenvalue weighted by Gasteiger charge is -2.19. The summed E-state index contributed by atoms with van der Waals surface area (Å²) in [6.45, 7) is 0. The van der Waals surface area contributed by atoms with Crippen molar-refractivity contribution in [1.29, 1.82) is 0 Å². The van der Waals surface area contributed by atoms with Crippen molar-refractivity contribution in [1.82, 2.24) is 9.78 Å². The number of carboxylic acid groups (broad SMARTS) is 1. The Kier molecular flexibility index (Phi) is 3.20. The summed E-state index contributed by atoms with van der Waals surface area (Å²) in [4.78, 5) is 11.6. The van der Waals surface area contributed by atoms with E-state index in [1.54, 1.807) is 4.68 Å². The van der Waals surface area contributed by atoms with Gasteiger partial charge in [-0.2, -0.15) is 5.10 Å². The number of aryl methyl sites for hydroxylation is 1. The zero-order chi connectivity index (χ0) is 16.0. The molecule has 2 aromatic carbocycles. The molecule has 23 heavy (non-hydrogen) atoms. The number of carboxylic acids is 1. The van der Waals surface area contributed by atoms with Gasteiger partial charge in [0, 0.05) is 16.1 Å². The number of hydrogen-bond acceptors (Lipinski definition) is 2. The summed E-state index contributed by atoms with van der Waals surface area (Å²) in [6.07, 6.45) is 1.42. The highest BCUT2D eigenvalue weighted by Crippen LogP contribution is 2.37. The summed E-state index contributed by atoms with van der Waals surface area (Å²) < 4.78 is 1.73. The lowest BCUT2D eigenvalue weighted by atomic mass is 9.89. The van der Waals surface area contributed by atoms with Crippen LogP contribution in [0.3, 0.4) is 0 Å². The van der Waals surface area contributed by atoms with Crippen LogP contribution in [0.25, 0.3) is 16.9 Å². The molecule has 4 nitrogen and oxygen atoms in total. The number of carbonyl (C=O) groups is 1. The molecule has 1 aliphatic carbocycles. The Bertz CT molecular complexity index is 916. The van der Waals surface area contributed by atoms with Gasteiger partial charge in [-0.1, -0.05) is 35.9 Å². The Morgan fingerprint density at radius 1 is 1.13 bits per heavy atom. The second kappa shape index (κ2) is 5.25. The fourth-order valence-corrected chi connectivity index (χ4v) is 3.35. The van der Waals surface area contributed by atoms with E-state index in [-0.39, 0.29) is 5.69 Å². The fraction of sp³-hybridized carbons (Fsp3) is 0.111. The molecule has 0 saturated carbocycles. The molecule has 0 fully saturated rings. The van der Waals surface area contributed by atoms with Gasteiger partial charge in [-0.05, 0) is 42.7 Å². The third-order valence-electron chi connectivity index (χ3n) is 4.15. The second-order valence-corrected chi connectivity index (χ2v) is 5.97. The highest BCUT2D eigenvalue weighted by atomic mass is 35.5. The maximum absolute atomic E-state index is 11.6. The number of nitrogens with zero attached hydrogens (tertiary/aromatic N) is 2. The monoisotopic (exact) mass is 324 g/mol. The molecule has 0 spiro atoms. The molecular formula is C18H13ClN2O2. The van der Waals surface area contributed by atoms with Crippen LogP contribution in [-0.4, -0.2) is 20.9 Å². The first-order chi connectivity index (χ1) is 11.1. The summed E-state index contributed by atoms with van der Waals surface area (Å²) >= 11 is 6.10. The van der Waals surface area contributed by atoms with Crippen LogP contribution in [0.5, 0.6) is 0 Å². The number of benzene rings is 2. The number of aromatic nitrogens is 2. The number of para-hydroxylation sites is 1. The summed E-state index contributed by atoms with van der Waals surface area (Å²) in [5, 5.41) is 14.6. The van der Waals surface area contributed by atoms with Crippen LogP contribution in [0.2, 0.25) is 5.02 Å². The minimum atomic E-state index is -0.992. The summed E-state index contributed by atoms with van der Waals surface area (Å²) in [7, 11) is 0. The molecule has 0 aliphatic heterocycles. The Morgan fingerprint density at radius 3 is 2.65 bits per heavy atom. The van der Waals surface area contributed by atoms with Crippen molar-refractivity contribution in [2.24, 2.45) is 0 Å². The smallest absolute Gasteiger partial charge is 0.356 e. The maximum Gasteiger partial charge on any atom is 0.356 e. The van der Waals surface area contributed by atoms with E-state index in [9.17, 15) is 9.90 Å². The molecule has 0 bridgehead atoms. The van der Waals surface area contributed by atoms with Crippen LogP contribution in [0.4, 0.5) is 0 Å². The van der Waals surface area contributed by atoms with Gasteiger partial charge in [-0.25, -0.2) is 9.48 Å². The van der Waals surface area contributed by atoms with E-state index in [2.05, 4.69) is 5.10 Å². The van der Waals surface area contributed by atoms with E-state index in [0.717, 1.165) is 34.5 Å². The zero-order valence-electron chi connectivity index (χ0n) is 12.2. The van der Waals surface area contributed by atoms with E-state index in [0.29, 0.717) is 11.4 Å². The molecule has 1 aliphatic rings. The number of fused-ring (bicyclic) bond motifs is 3. The minimum Gasteiger partial charge on any atom is -0.476 e. The van der Waals surface area contributed by atoms with Gasteiger partial charge in [0.05, 0.1) is 11.4 Å². The fourth-order valence-electron chi connectivity index (χ4n) is 3.15. The third-order valence-corrected chi connectivity index (χ3v) is 4.39. The van der Waals surface area contributed by atoms with Crippen molar-refractivity contribution < 1.29 is 9.90 Å². The molecule has 114 valence electrons. The summed E-state index contributed by atoms with van der Waals surface area (Å²) in [6, 6.07) is 15.3. The standard InChI is InChI=1S/C18H13ClN2O2/c19-12-7-9-14-11(10-12)6-8-15-16(18(22)23)20-21(17(14)15)13-4-2-1-3-5-13/h1-5,7,9-10H,6,8H2,(H,22,23). The van der Waals surface area contributed by atoms with Gasteiger partial charge in [-0.3, -0.25) is 0 Å². The zero-order valence-corrected chi connectivity index (χ0v) is 12.9. The molecule has 0 amide bonds. The molecule has 5 heteroatoms. The number of rotatable bonds is 2. The van der Waals surface area contributed by atoms with Gasteiger partial charge in [-0.15, -0.1) is 0 Å². The van der Waals surface area contributed by atoms with Crippen molar-refractivity contribution in [3.05, 3.63) is 70.4 Å². The second-order valence-electron chi connectivity index (χ2n) is 5.53. The lowest BCUT2D eigenvalue weighted by molar-refractivity contribution is 0.0689. The first-order valence-electron chi connectivity index (χ1n) is 7.34. The Hall–Kier alpha value is -2.59. The molecule has 3 aromatic rings. The normalized spacial score (nSPS) is 12.6. The number of hydrogen-bond donors (Lipinski definition) is 1. The average Bonchev–Trinajstić information content (AvgIpc) is 2.95. The van der Waals surface area contributed by atoms with Gasteiger partial charge >= 0.3 is 5.97 Å². The molecule has 0 unspecified atom stereocenters. The van der Waals surface area contributed by atoms with Gasteiger partial charge < -0.3 is 5.11 Å². The Balaban J connectivity index is 2.03. The molecular weight excluding hydrogens is 312 g/mol. The van der Waals surface area contributed by atoms with Crippen molar-refractivity contribution in [3.63, 3.8) is 0 Å². The first-order valence-corrected chi connectivity index (χ1v) is 7.72. The largest absolute Gasteiger partial charge is 0.476 e. The summed E-state index contributed by atoms with van der Waals surface area (Å²) in [5.41, 5.74) is 4.74. The van der Waals surface area contributed by atoms with Crippen molar-refractivity contribution >= 4 is 17.6 Å². The van der Waals surface area contributed by atoms with Gasteiger partial charge in [0.2, 0.25) is 0 Å². The highest BCUT2D eigenvalue weighted by molar-refractivity contribution is 6.30. The predicted molar refractivity (Wildman–Crippen MR) is 88.4 cm³/mol. The van der Waals surface area contributed by atoms with Crippen LogP contribution < -0.4 is 0 Å². The molecule has 0 radical (unpaired) electrons. The number of halogens is 1. The number of aromatic carboxylic acids is 1. The van der Waals surface area contributed by atoms with E-state index in [1.165, 1.54) is 0 Å². The molecule has 1 aromatic heterocycles. The maximum atomic E-state index is 11.6. The van der Waals surface area contributed by atoms with Gasteiger partial charge in [0.15, 0.2) is 5.69 Å². The van der Waals surface area contributed by atoms with Crippen molar-refractivity contribution in [3.8, 4) is 16.9 Å². The van der Waals surface area contributed by atoms with Crippen molar-refractivity contribution in [2.75, 3.05) is 0 Å². The van der Waals surface area contributed by atoms with Crippen LogP contribution in [-0.2, 0) is 12.8 Å². The van der Waals surface area contributed by atoms with Crippen molar-refractivity contribution in [2.45, 2.75) is 12.8 Å².